The number of hydrogen-bond acceptors (Lipinski definition) is 10. The van der Waals surface area contributed by atoms with Gasteiger partial charge >= 0.3 is 0 Å². The second kappa shape index (κ2) is 9.12. The zero-order valence-corrected chi connectivity index (χ0v) is 20.7. The first kappa shape index (κ1) is 24.9. The van der Waals surface area contributed by atoms with Crippen LogP contribution in [-0.2, 0) is 0 Å². The molecule has 0 aromatic heterocycles. The number of phenols is 6. The molecule has 0 amide bonds. The standard InChI is InChI=1S/C30H22O10/c31-15-5-1-13(2-6-15)21-9-17(33)25-23(39-21)11-19(35)27(29(25)37)28-20(36)12-24-26(30(28)38)18(34)10-22(40-24)14-3-7-16(32)8-4-14/h1-8,11-12,21-22,31-32,35-38H,9-10H2/t21-,22-/m0/s1. The van der Waals surface area contributed by atoms with E-state index < -0.39 is 57.9 Å². The van der Waals surface area contributed by atoms with E-state index >= 15 is 0 Å². The van der Waals surface area contributed by atoms with Crippen molar-refractivity contribution in [2.45, 2.75) is 25.0 Å². The predicted molar refractivity (Wildman–Crippen MR) is 139 cm³/mol. The zero-order valence-electron chi connectivity index (χ0n) is 20.7. The van der Waals surface area contributed by atoms with Crippen LogP contribution in [0.2, 0.25) is 0 Å². The van der Waals surface area contributed by atoms with Gasteiger partial charge in [-0.05, 0) is 35.4 Å². The number of Topliss-reactive ketones (excluding diaryl/α,β-unsaturated/α-hetero) is 2. The van der Waals surface area contributed by atoms with E-state index in [0.29, 0.717) is 11.1 Å². The number of fused-ring (bicyclic) bond motifs is 2. The van der Waals surface area contributed by atoms with Crippen LogP contribution in [0.1, 0.15) is 56.9 Å². The summed E-state index contributed by atoms with van der Waals surface area (Å²) in [7, 11) is 0. The van der Waals surface area contributed by atoms with E-state index in [9.17, 15) is 40.2 Å². The monoisotopic (exact) mass is 542 g/mol. The molecule has 0 aliphatic carbocycles. The first-order valence-electron chi connectivity index (χ1n) is 12.3. The van der Waals surface area contributed by atoms with Crippen LogP contribution in [-0.4, -0.2) is 42.2 Å². The number of benzene rings is 4. The second-order valence-corrected chi connectivity index (χ2v) is 9.64. The fourth-order valence-corrected chi connectivity index (χ4v) is 5.16. The van der Waals surface area contributed by atoms with Gasteiger partial charge in [-0.3, -0.25) is 9.59 Å². The molecule has 2 aliphatic rings. The molecule has 0 radical (unpaired) electrons. The van der Waals surface area contributed by atoms with E-state index in [4.69, 9.17) is 9.47 Å². The van der Waals surface area contributed by atoms with Crippen LogP contribution in [0.5, 0.6) is 46.0 Å². The van der Waals surface area contributed by atoms with Gasteiger partial charge in [-0.2, -0.15) is 0 Å². The van der Waals surface area contributed by atoms with Gasteiger partial charge in [0.2, 0.25) is 0 Å². The molecule has 4 aromatic carbocycles. The molecule has 2 heterocycles. The Morgan fingerprint density at radius 1 is 0.525 bits per heavy atom. The molecule has 0 bridgehead atoms. The summed E-state index contributed by atoms with van der Waals surface area (Å²) >= 11 is 0. The van der Waals surface area contributed by atoms with E-state index in [0.717, 1.165) is 12.1 Å². The molecule has 0 fully saturated rings. The average molecular weight is 542 g/mol. The van der Waals surface area contributed by atoms with Crippen molar-refractivity contribution in [3.63, 3.8) is 0 Å². The van der Waals surface area contributed by atoms with Gasteiger partial charge in [0.05, 0.1) is 24.0 Å². The summed E-state index contributed by atoms with van der Waals surface area (Å²) < 4.78 is 11.7. The van der Waals surface area contributed by atoms with E-state index in [1.807, 2.05) is 0 Å². The lowest BCUT2D eigenvalue weighted by molar-refractivity contribution is 0.0834. The number of carbonyl (C=O) groups is 2. The molecule has 40 heavy (non-hydrogen) atoms. The fraction of sp³-hybridized carbons (Fsp3) is 0.133. The van der Waals surface area contributed by atoms with Crippen LogP contribution >= 0.6 is 0 Å². The SMILES string of the molecule is O=C1C[C@@H](c2ccc(O)cc2)Oc2cc(O)c(-c3c(O)cc4c(c3O)C(=O)C[C@@H](c3ccc(O)cc3)O4)c(O)c21. The van der Waals surface area contributed by atoms with Crippen LogP contribution in [0.4, 0.5) is 0 Å². The number of aromatic hydroxyl groups is 6. The van der Waals surface area contributed by atoms with Gasteiger partial charge in [0.15, 0.2) is 11.6 Å². The van der Waals surface area contributed by atoms with Gasteiger partial charge in [-0.25, -0.2) is 0 Å². The van der Waals surface area contributed by atoms with Crippen molar-refractivity contribution < 1.29 is 49.7 Å². The Bertz CT molecular complexity index is 1560. The summed E-state index contributed by atoms with van der Waals surface area (Å²) in [5.74, 6) is -3.90. The number of rotatable bonds is 3. The Kier molecular flexibility index (Phi) is 5.69. The van der Waals surface area contributed by atoms with Crippen molar-refractivity contribution in [1.82, 2.24) is 0 Å². The lowest BCUT2D eigenvalue weighted by atomic mass is 9.88. The lowest BCUT2D eigenvalue weighted by Crippen LogP contribution is -2.21. The van der Waals surface area contributed by atoms with Crippen molar-refractivity contribution >= 4 is 11.6 Å². The second-order valence-electron chi connectivity index (χ2n) is 9.64. The Labute approximate surface area is 226 Å². The molecule has 0 spiro atoms. The van der Waals surface area contributed by atoms with Crippen molar-refractivity contribution in [1.29, 1.82) is 0 Å². The average Bonchev–Trinajstić information content (AvgIpc) is 2.90. The minimum absolute atomic E-state index is 0.0376. The molecule has 0 saturated carbocycles. The Morgan fingerprint density at radius 3 is 1.23 bits per heavy atom. The van der Waals surface area contributed by atoms with Gasteiger partial charge in [-0.1, -0.05) is 24.3 Å². The molecule has 2 aliphatic heterocycles. The Hall–Kier alpha value is -5.38. The van der Waals surface area contributed by atoms with Crippen LogP contribution < -0.4 is 9.47 Å². The van der Waals surface area contributed by atoms with E-state index in [2.05, 4.69) is 0 Å². The van der Waals surface area contributed by atoms with Crippen molar-refractivity contribution in [3.05, 3.63) is 82.9 Å². The minimum atomic E-state index is -0.743. The minimum Gasteiger partial charge on any atom is -0.508 e. The molecule has 10 heteroatoms. The molecule has 202 valence electrons. The lowest BCUT2D eigenvalue weighted by Gasteiger charge is -2.29. The van der Waals surface area contributed by atoms with Gasteiger partial charge in [0.25, 0.3) is 0 Å². The summed E-state index contributed by atoms with van der Waals surface area (Å²) in [5.41, 5.74) is -0.235. The Morgan fingerprint density at radius 2 is 0.875 bits per heavy atom. The van der Waals surface area contributed by atoms with E-state index in [1.54, 1.807) is 24.3 Å². The molecule has 0 unspecified atom stereocenters. The molecule has 4 aromatic rings. The summed E-state index contributed by atoms with van der Waals surface area (Å²) in [6.45, 7) is 0. The van der Waals surface area contributed by atoms with Crippen LogP contribution in [0.25, 0.3) is 11.1 Å². The summed E-state index contributed by atoms with van der Waals surface area (Å²) in [6, 6.07) is 14.3. The van der Waals surface area contributed by atoms with Crippen LogP contribution in [0.15, 0.2) is 60.7 Å². The highest BCUT2D eigenvalue weighted by Gasteiger charge is 2.37. The van der Waals surface area contributed by atoms with Gasteiger partial charge in [-0.15, -0.1) is 0 Å². The third-order valence-electron chi connectivity index (χ3n) is 7.11. The van der Waals surface area contributed by atoms with Crippen molar-refractivity contribution in [2.75, 3.05) is 0 Å². The maximum absolute atomic E-state index is 13.1. The number of carbonyl (C=O) groups excluding carboxylic acids is 2. The van der Waals surface area contributed by atoms with Crippen molar-refractivity contribution in [2.24, 2.45) is 0 Å². The normalized spacial score (nSPS) is 17.9. The predicted octanol–water partition coefficient (Wildman–Crippen LogP) is 5.00. The maximum Gasteiger partial charge on any atom is 0.174 e. The third-order valence-corrected chi connectivity index (χ3v) is 7.11. The molecular weight excluding hydrogens is 520 g/mol. The summed E-state index contributed by atoms with van der Waals surface area (Å²) in [5, 5.41) is 63.0. The summed E-state index contributed by atoms with van der Waals surface area (Å²) in [6.07, 6.45) is -1.81. The third kappa shape index (κ3) is 3.97. The molecule has 6 N–H and O–H groups in total. The van der Waals surface area contributed by atoms with Gasteiger partial charge < -0.3 is 40.1 Å². The van der Waals surface area contributed by atoms with Crippen LogP contribution in [0.3, 0.4) is 0 Å². The highest BCUT2D eigenvalue weighted by Crippen LogP contribution is 2.55. The maximum atomic E-state index is 13.1. The van der Waals surface area contributed by atoms with E-state index in [-0.39, 0.29) is 47.0 Å². The molecular formula is C30H22O10. The number of phenolic OH excluding ortho intramolecular Hbond substituents is 6. The molecule has 2 atom stereocenters. The first-order valence-corrected chi connectivity index (χ1v) is 12.3. The molecule has 10 nitrogen and oxygen atoms in total. The Balaban J connectivity index is 1.41. The zero-order chi connectivity index (χ0) is 28.3. The van der Waals surface area contributed by atoms with Crippen molar-refractivity contribution in [3.8, 4) is 57.1 Å². The quantitative estimate of drug-likeness (QED) is 0.207. The number of ether oxygens (including phenoxy) is 2. The smallest absolute Gasteiger partial charge is 0.174 e. The largest absolute Gasteiger partial charge is 0.508 e. The molecule has 0 saturated heterocycles. The molecule has 6 rings (SSSR count). The van der Waals surface area contributed by atoms with Gasteiger partial charge in [0, 0.05) is 12.1 Å². The first-order chi connectivity index (χ1) is 19.1. The van der Waals surface area contributed by atoms with Gasteiger partial charge in [0.1, 0.15) is 69.3 Å². The number of ketones is 2. The topological polar surface area (TPSA) is 174 Å². The number of hydrogen-bond donors (Lipinski definition) is 6. The highest BCUT2D eigenvalue weighted by molar-refractivity contribution is 6.09. The fourth-order valence-electron chi connectivity index (χ4n) is 5.16. The van der Waals surface area contributed by atoms with Crippen LogP contribution in [0, 0.1) is 0 Å². The highest BCUT2D eigenvalue weighted by atomic mass is 16.5. The summed E-state index contributed by atoms with van der Waals surface area (Å²) in [4.78, 5) is 26.2. The van der Waals surface area contributed by atoms with E-state index in [1.165, 1.54) is 24.3 Å².